The minimum Gasteiger partial charge on any atom is -0.368 e. The number of hydrogen-bond donors (Lipinski definition) is 0. The standard InChI is InChI=1S/C27H27FN6O2/c28-21-10-8-19(9-11-21)24-23-25(29-18-30-26(23)36-31-24)34-12-4-5-20(17-34)27(35)33-15-13-32(14-16-33)22-6-2-1-3-7-22/h1-3,6-11,18,20H,4-5,12-17H2/t20-/m1/s1. The van der Waals surface area contributed by atoms with E-state index in [2.05, 4.69) is 37.1 Å². The zero-order valence-electron chi connectivity index (χ0n) is 19.9. The third-order valence-electron chi connectivity index (χ3n) is 7.15. The number of piperazine rings is 1. The molecule has 2 aliphatic rings. The number of fused-ring (bicyclic) bond motifs is 1. The highest BCUT2D eigenvalue weighted by molar-refractivity contribution is 5.98. The molecule has 1 atom stereocenters. The third kappa shape index (κ3) is 4.25. The van der Waals surface area contributed by atoms with E-state index in [-0.39, 0.29) is 17.6 Å². The zero-order valence-corrected chi connectivity index (χ0v) is 19.9. The van der Waals surface area contributed by atoms with Crippen LogP contribution < -0.4 is 9.80 Å². The van der Waals surface area contributed by atoms with E-state index in [4.69, 9.17) is 4.52 Å². The number of hydrogen-bond acceptors (Lipinski definition) is 7. The van der Waals surface area contributed by atoms with E-state index in [0.29, 0.717) is 29.2 Å². The molecular formula is C27H27FN6O2. The highest BCUT2D eigenvalue weighted by atomic mass is 19.1. The van der Waals surface area contributed by atoms with Gasteiger partial charge in [0.2, 0.25) is 5.91 Å². The van der Waals surface area contributed by atoms with Crippen LogP contribution in [-0.2, 0) is 4.79 Å². The quantitative estimate of drug-likeness (QED) is 0.432. The minimum absolute atomic E-state index is 0.0961. The monoisotopic (exact) mass is 486 g/mol. The van der Waals surface area contributed by atoms with Crippen LogP contribution in [0.3, 0.4) is 0 Å². The maximum absolute atomic E-state index is 13.5. The summed E-state index contributed by atoms with van der Waals surface area (Å²) in [5.41, 5.74) is 2.88. The number of halogens is 1. The van der Waals surface area contributed by atoms with Crippen molar-refractivity contribution in [3.63, 3.8) is 0 Å². The van der Waals surface area contributed by atoms with Crippen molar-refractivity contribution in [3.8, 4) is 11.3 Å². The minimum atomic E-state index is -0.315. The summed E-state index contributed by atoms with van der Waals surface area (Å²) in [4.78, 5) is 28.8. The predicted octanol–water partition coefficient (Wildman–Crippen LogP) is 3.99. The first-order valence-corrected chi connectivity index (χ1v) is 12.4. The van der Waals surface area contributed by atoms with Gasteiger partial charge >= 0.3 is 0 Å². The van der Waals surface area contributed by atoms with Crippen LogP contribution in [0.4, 0.5) is 15.9 Å². The van der Waals surface area contributed by atoms with Gasteiger partial charge in [-0.25, -0.2) is 9.37 Å². The molecule has 0 saturated carbocycles. The smallest absolute Gasteiger partial charge is 0.263 e. The fraction of sp³-hybridized carbons (Fsp3) is 0.333. The molecule has 4 aromatic rings. The first kappa shape index (κ1) is 22.5. The molecule has 0 unspecified atom stereocenters. The van der Waals surface area contributed by atoms with Gasteiger partial charge in [-0.1, -0.05) is 23.4 Å². The molecule has 0 spiro atoms. The van der Waals surface area contributed by atoms with Crippen molar-refractivity contribution in [1.29, 1.82) is 0 Å². The van der Waals surface area contributed by atoms with Crippen LogP contribution in [0, 0.1) is 11.7 Å². The lowest BCUT2D eigenvalue weighted by atomic mass is 9.95. The summed E-state index contributed by atoms with van der Waals surface area (Å²) in [6, 6.07) is 16.5. The van der Waals surface area contributed by atoms with Crippen LogP contribution >= 0.6 is 0 Å². The van der Waals surface area contributed by atoms with Crippen molar-refractivity contribution >= 4 is 28.5 Å². The molecule has 0 bridgehead atoms. The van der Waals surface area contributed by atoms with E-state index in [1.165, 1.54) is 24.1 Å². The summed E-state index contributed by atoms with van der Waals surface area (Å²) in [6.45, 7) is 4.48. The van der Waals surface area contributed by atoms with Crippen molar-refractivity contribution in [2.24, 2.45) is 5.92 Å². The number of aromatic nitrogens is 3. The number of rotatable bonds is 4. The van der Waals surface area contributed by atoms with Crippen molar-refractivity contribution < 1.29 is 13.7 Å². The topological polar surface area (TPSA) is 78.6 Å². The summed E-state index contributed by atoms with van der Waals surface area (Å²) in [5.74, 6) is 0.500. The van der Waals surface area contributed by atoms with Gasteiger partial charge in [-0.05, 0) is 49.2 Å². The highest BCUT2D eigenvalue weighted by Crippen LogP contribution is 2.35. The van der Waals surface area contributed by atoms with Crippen LogP contribution in [0.15, 0.2) is 65.4 Å². The van der Waals surface area contributed by atoms with Gasteiger partial charge in [-0.3, -0.25) is 4.79 Å². The Morgan fingerprint density at radius 1 is 0.917 bits per heavy atom. The fourth-order valence-electron chi connectivity index (χ4n) is 5.27. The van der Waals surface area contributed by atoms with Gasteiger partial charge in [0.05, 0.1) is 5.92 Å². The summed E-state index contributed by atoms with van der Waals surface area (Å²) < 4.78 is 19.0. The van der Waals surface area contributed by atoms with Gasteiger partial charge < -0.3 is 19.2 Å². The van der Waals surface area contributed by atoms with E-state index in [1.54, 1.807) is 12.1 Å². The van der Waals surface area contributed by atoms with Crippen LogP contribution in [0.2, 0.25) is 0 Å². The molecule has 184 valence electrons. The number of anilines is 2. The molecule has 2 aromatic carbocycles. The number of carbonyl (C=O) groups excluding carboxylic acids is 1. The number of nitrogens with zero attached hydrogens (tertiary/aromatic N) is 6. The number of amides is 1. The van der Waals surface area contributed by atoms with Crippen molar-refractivity contribution in [2.75, 3.05) is 49.1 Å². The number of carbonyl (C=O) groups is 1. The molecule has 36 heavy (non-hydrogen) atoms. The first-order chi connectivity index (χ1) is 17.7. The van der Waals surface area contributed by atoms with Crippen LogP contribution in [0.25, 0.3) is 22.4 Å². The average Bonchev–Trinajstić information content (AvgIpc) is 3.38. The SMILES string of the molecule is O=C([C@@H]1CCCN(c2ncnc3onc(-c4ccc(F)cc4)c23)C1)N1CCN(c2ccccc2)CC1. The van der Waals surface area contributed by atoms with Crippen molar-refractivity contribution in [2.45, 2.75) is 12.8 Å². The lowest BCUT2D eigenvalue weighted by molar-refractivity contribution is -0.136. The molecule has 4 heterocycles. The molecule has 0 aliphatic carbocycles. The Labute approximate surface area is 208 Å². The number of para-hydroxylation sites is 1. The second-order valence-electron chi connectivity index (χ2n) is 9.35. The van der Waals surface area contributed by atoms with Gasteiger partial charge in [-0.15, -0.1) is 0 Å². The maximum atomic E-state index is 13.5. The van der Waals surface area contributed by atoms with Gasteiger partial charge in [0.25, 0.3) is 5.71 Å². The Morgan fingerprint density at radius 3 is 2.47 bits per heavy atom. The largest absolute Gasteiger partial charge is 0.368 e. The Balaban J connectivity index is 1.19. The molecule has 9 heteroatoms. The van der Waals surface area contributed by atoms with E-state index in [9.17, 15) is 9.18 Å². The molecule has 6 rings (SSSR count). The Morgan fingerprint density at radius 2 is 1.69 bits per heavy atom. The lowest BCUT2D eigenvalue weighted by Crippen LogP contribution is -2.52. The summed E-state index contributed by atoms with van der Waals surface area (Å²) in [5, 5.41) is 4.89. The van der Waals surface area contributed by atoms with Crippen LogP contribution in [0.1, 0.15) is 12.8 Å². The Kier molecular flexibility index (Phi) is 5.96. The lowest BCUT2D eigenvalue weighted by Gasteiger charge is -2.40. The van der Waals surface area contributed by atoms with Crippen molar-refractivity contribution in [3.05, 3.63) is 66.7 Å². The molecular weight excluding hydrogens is 459 g/mol. The van der Waals surface area contributed by atoms with E-state index in [1.807, 2.05) is 23.1 Å². The molecule has 8 nitrogen and oxygen atoms in total. The second-order valence-corrected chi connectivity index (χ2v) is 9.35. The summed E-state index contributed by atoms with van der Waals surface area (Å²) in [7, 11) is 0. The van der Waals surface area contributed by atoms with E-state index < -0.39 is 0 Å². The normalized spacial score (nSPS) is 18.6. The molecule has 1 amide bonds. The van der Waals surface area contributed by atoms with Crippen LogP contribution in [-0.4, -0.2) is 65.2 Å². The van der Waals surface area contributed by atoms with Gasteiger partial charge in [-0.2, -0.15) is 4.98 Å². The molecule has 2 aliphatic heterocycles. The molecule has 2 aromatic heterocycles. The third-order valence-corrected chi connectivity index (χ3v) is 7.15. The van der Waals surface area contributed by atoms with Gasteiger partial charge in [0, 0.05) is 50.5 Å². The molecule has 2 fully saturated rings. The Hall–Kier alpha value is -4.01. The number of piperidine rings is 1. The first-order valence-electron chi connectivity index (χ1n) is 12.4. The highest BCUT2D eigenvalue weighted by Gasteiger charge is 2.33. The molecule has 0 radical (unpaired) electrons. The van der Waals surface area contributed by atoms with Gasteiger partial charge in [0.15, 0.2) is 0 Å². The Bertz CT molecular complexity index is 1350. The molecule has 0 N–H and O–H groups in total. The fourth-order valence-corrected chi connectivity index (χ4v) is 5.27. The zero-order chi connectivity index (χ0) is 24.5. The predicted molar refractivity (Wildman–Crippen MR) is 135 cm³/mol. The van der Waals surface area contributed by atoms with Crippen LogP contribution in [0.5, 0.6) is 0 Å². The second kappa shape index (κ2) is 9.56. The summed E-state index contributed by atoms with van der Waals surface area (Å²) in [6.07, 6.45) is 3.21. The summed E-state index contributed by atoms with van der Waals surface area (Å²) >= 11 is 0. The van der Waals surface area contributed by atoms with Gasteiger partial charge in [0.1, 0.15) is 29.0 Å². The average molecular weight is 487 g/mol. The van der Waals surface area contributed by atoms with E-state index >= 15 is 0 Å². The molecule has 2 saturated heterocycles. The van der Waals surface area contributed by atoms with Crippen molar-refractivity contribution in [1.82, 2.24) is 20.0 Å². The van der Waals surface area contributed by atoms with E-state index in [0.717, 1.165) is 51.1 Å². The number of benzene rings is 2. The maximum Gasteiger partial charge on any atom is 0.263 e.